The minimum absolute atomic E-state index is 0.00456. The van der Waals surface area contributed by atoms with Gasteiger partial charge in [-0.3, -0.25) is 4.79 Å². The van der Waals surface area contributed by atoms with E-state index in [9.17, 15) is 26.4 Å². The van der Waals surface area contributed by atoms with Crippen molar-refractivity contribution in [1.29, 1.82) is 0 Å². The van der Waals surface area contributed by atoms with E-state index in [0.29, 0.717) is 52.1 Å². The van der Waals surface area contributed by atoms with Gasteiger partial charge in [0.25, 0.3) is 0 Å². The van der Waals surface area contributed by atoms with E-state index in [1.165, 1.54) is 32.9 Å². The molecule has 0 aromatic heterocycles. The van der Waals surface area contributed by atoms with Gasteiger partial charge in [-0.15, -0.1) is 0 Å². The number of hydrogen-bond acceptors (Lipinski definition) is 7. The molecule has 38 heavy (non-hydrogen) atoms. The van der Waals surface area contributed by atoms with Gasteiger partial charge in [0.2, 0.25) is 26.0 Å². The van der Waals surface area contributed by atoms with Crippen LogP contribution in [-0.2, 0) is 29.6 Å². The zero-order valence-electron chi connectivity index (χ0n) is 22.9. The highest BCUT2D eigenvalue weighted by atomic mass is 32.2. The van der Waals surface area contributed by atoms with E-state index < -0.39 is 37.7 Å². The van der Waals surface area contributed by atoms with Gasteiger partial charge in [-0.1, -0.05) is 13.8 Å². The van der Waals surface area contributed by atoms with Crippen molar-refractivity contribution in [3.05, 3.63) is 24.3 Å². The second kappa shape index (κ2) is 11.9. The van der Waals surface area contributed by atoms with Crippen molar-refractivity contribution in [2.75, 3.05) is 52.4 Å². The third kappa shape index (κ3) is 6.85. The fraction of sp³-hybridized carbons (Fsp3) is 0.680. The molecule has 0 spiro atoms. The largest absolute Gasteiger partial charge is 0.444 e. The zero-order chi connectivity index (χ0) is 28.3. The second-order valence-corrected chi connectivity index (χ2v) is 14.4. The number of piperazine rings is 1. The Bertz CT molecular complexity index is 1200. The molecular formula is C25H40N4O7S2. The molecule has 1 atom stereocenters. The van der Waals surface area contributed by atoms with Crippen LogP contribution in [0.25, 0.3) is 0 Å². The fourth-order valence-corrected chi connectivity index (χ4v) is 7.68. The van der Waals surface area contributed by atoms with Crippen LogP contribution in [0.1, 0.15) is 47.5 Å². The Labute approximate surface area is 226 Å². The molecule has 0 bridgehead atoms. The van der Waals surface area contributed by atoms with Crippen LogP contribution in [0.4, 0.5) is 4.79 Å². The van der Waals surface area contributed by atoms with E-state index in [0.717, 1.165) is 0 Å². The van der Waals surface area contributed by atoms with Crippen LogP contribution >= 0.6 is 0 Å². The summed E-state index contributed by atoms with van der Waals surface area (Å²) < 4.78 is 60.2. The quantitative estimate of drug-likeness (QED) is 0.491. The van der Waals surface area contributed by atoms with Crippen molar-refractivity contribution >= 4 is 32.0 Å². The van der Waals surface area contributed by atoms with Gasteiger partial charge in [-0.25, -0.2) is 21.6 Å². The third-order valence-corrected chi connectivity index (χ3v) is 10.7. The van der Waals surface area contributed by atoms with Gasteiger partial charge in [0.1, 0.15) is 5.60 Å². The predicted octanol–water partition coefficient (Wildman–Crippen LogP) is 2.20. The fourth-order valence-electron chi connectivity index (χ4n) is 4.70. The first-order chi connectivity index (χ1) is 17.7. The standard InChI is InChI=1S/C25H40N4O7S2/c1-6-28(7-2)37(32,33)21-10-12-22(13-11-21)38(34,35)29-14-8-9-20(19-29)23(30)26-15-17-27(18-16-26)24(31)36-25(3,4)5/h10-13,20H,6-9,14-19H2,1-5H3/t20-/m1/s1. The van der Waals surface area contributed by atoms with Crippen molar-refractivity contribution in [2.45, 2.75) is 62.9 Å². The van der Waals surface area contributed by atoms with E-state index in [4.69, 9.17) is 4.74 Å². The maximum atomic E-state index is 13.4. The Morgan fingerprint density at radius 2 is 1.42 bits per heavy atom. The molecule has 0 radical (unpaired) electrons. The third-order valence-electron chi connectivity index (χ3n) is 6.78. The summed E-state index contributed by atoms with van der Waals surface area (Å²) in [4.78, 5) is 28.9. The number of carbonyl (C=O) groups is 2. The van der Waals surface area contributed by atoms with E-state index >= 15 is 0 Å². The summed E-state index contributed by atoms with van der Waals surface area (Å²) in [6.07, 6.45) is 0.718. The molecule has 1 aromatic carbocycles. The first kappa shape index (κ1) is 30.3. The normalized spacial score (nSPS) is 20.0. The number of carbonyl (C=O) groups excluding carboxylic acids is 2. The van der Waals surface area contributed by atoms with Gasteiger partial charge in [0, 0.05) is 52.4 Å². The zero-order valence-corrected chi connectivity index (χ0v) is 24.6. The van der Waals surface area contributed by atoms with E-state index in [1.807, 2.05) is 0 Å². The van der Waals surface area contributed by atoms with Gasteiger partial charge < -0.3 is 14.5 Å². The summed E-state index contributed by atoms with van der Waals surface area (Å²) in [6, 6.07) is 5.26. The lowest BCUT2D eigenvalue weighted by Gasteiger charge is -2.39. The number of piperidine rings is 1. The predicted molar refractivity (Wildman–Crippen MR) is 142 cm³/mol. The van der Waals surface area contributed by atoms with Crippen molar-refractivity contribution in [3.63, 3.8) is 0 Å². The molecule has 214 valence electrons. The summed E-state index contributed by atoms with van der Waals surface area (Å²) in [6.45, 7) is 11.3. The van der Waals surface area contributed by atoms with Crippen molar-refractivity contribution in [1.82, 2.24) is 18.4 Å². The molecule has 11 nitrogen and oxygen atoms in total. The van der Waals surface area contributed by atoms with Crippen molar-refractivity contribution in [2.24, 2.45) is 5.92 Å². The number of benzene rings is 1. The average molecular weight is 573 g/mol. The van der Waals surface area contributed by atoms with Crippen LogP contribution in [-0.4, -0.2) is 105 Å². The number of ether oxygens (including phenoxy) is 1. The minimum Gasteiger partial charge on any atom is -0.444 e. The Balaban J connectivity index is 1.64. The Hall–Kier alpha value is -2.22. The SMILES string of the molecule is CCN(CC)S(=O)(=O)c1ccc(S(=O)(=O)N2CCC[C@@H](C(=O)N3CCN(C(=O)OC(C)(C)C)CC3)C2)cc1. The van der Waals surface area contributed by atoms with Crippen LogP contribution in [0.3, 0.4) is 0 Å². The van der Waals surface area contributed by atoms with Crippen molar-refractivity contribution < 1.29 is 31.2 Å². The van der Waals surface area contributed by atoms with E-state index in [-0.39, 0.29) is 28.8 Å². The van der Waals surface area contributed by atoms with E-state index in [2.05, 4.69) is 0 Å². The average Bonchev–Trinajstić information content (AvgIpc) is 2.88. The molecule has 3 rings (SSSR count). The molecule has 0 aliphatic carbocycles. The van der Waals surface area contributed by atoms with Crippen LogP contribution in [0.2, 0.25) is 0 Å². The summed E-state index contributed by atoms with van der Waals surface area (Å²) in [5.74, 6) is -0.594. The molecule has 2 aliphatic heterocycles. The highest BCUT2D eigenvalue weighted by Crippen LogP contribution is 2.27. The lowest BCUT2D eigenvalue weighted by molar-refractivity contribution is -0.138. The lowest BCUT2D eigenvalue weighted by Crippen LogP contribution is -2.54. The summed E-state index contributed by atoms with van der Waals surface area (Å²) in [5.41, 5.74) is -0.596. The van der Waals surface area contributed by atoms with Gasteiger partial charge in [0.05, 0.1) is 15.7 Å². The highest BCUT2D eigenvalue weighted by molar-refractivity contribution is 7.89. The smallest absolute Gasteiger partial charge is 0.410 e. The maximum Gasteiger partial charge on any atom is 0.410 e. The van der Waals surface area contributed by atoms with Crippen LogP contribution in [0.15, 0.2) is 34.1 Å². The lowest BCUT2D eigenvalue weighted by atomic mass is 9.98. The molecule has 13 heteroatoms. The molecule has 1 aromatic rings. The van der Waals surface area contributed by atoms with Gasteiger partial charge in [0.15, 0.2) is 0 Å². The molecule has 2 amide bonds. The minimum atomic E-state index is -3.91. The number of nitrogens with zero attached hydrogens (tertiary/aromatic N) is 4. The highest BCUT2D eigenvalue weighted by Gasteiger charge is 2.37. The monoisotopic (exact) mass is 572 g/mol. The number of sulfonamides is 2. The number of amides is 2. The molecule has 2 heterocycles. The number of hydrogen-bond donors (Lipinski definition) is 0. The summed E-state index contributed by atoms with van der Waals surface area (Å²) in [7, 11) is -7.60. The second-order valence-electron chi connectivity index (χ2n) is 10.6. The van der Waals surface area contributed by atoms with Crippen LogP contribution in [0.5, 0.6) is 0 Å². The molecule has 2 fully saturated rings. The Morgan fingerprint density at radius 3 is 1.95 bits per heavy atom. The van der Waals surface area contributed by atoms with Crippen LogP contribution < -0.4 is 0 Å². The first-order valence-corrected chi connectivity index (χ1v) is 16.0. The maximum absolute atomic E-state index is 13.4. The van der Waals surface area contributed by atoms with Crippen LogP contribution in [0, 0.1) is 5.92 Å². The number of rotatable bonds is 7. The van der Waals surface area contributed by atoms with E-state index in [1.54, 1.807) is 44.4 Å². The Morgan fingerprint density at radius 1 is 0.895 bits per heavy atom. The van der Waals surface area contributed by atoms with Crippen molar-refractivity contribution in [3.8, 4) is 0 Å². The topological polar surface area (TPSA) is 125 Å². The molecular weight excluding hydrogens is 532 g/mol. The van der Waals surface area contributed by atoms with Gasteiger partial charge >= 0.3 is 6.09 Å². The molecule has 0 N–H and O–H groups in total. The molecule has 2 aliphatic rings. The molecule has 0 unspecified atom stereocenters. The van der Waals surface area contributed by atoms with Gasteiger partial charge in [-0.2, -0.15) is 8.61 Å². The van der Waals surface area contributed by atoms with Gasteiger partial charge in [-0.05, 0) is 57.9 Å². The molecule has 2 saturated heterocycles. The molecule has 0 saturated carbocycles. The summed E-state index contributed by atoms with van der Waals surface area (Å²) >= 11 is 0. The Kier molecular flexibility index (Phi) is 9.49. The first-order valence-electron chi connectivity index (χ1n) is 13.1. The summed E-state index contributed by atoms with van der Waals surface area (Å²) in [5, 5.41) is 0.